The summed E-state index contributed by atoms with van der Waals surface area (Å²) in [7, 11) is -4.28. The van der Waals surface area contributed by atoms with Crippen molar-refractivity contribution in [2.24, 2.45) is 0 Å². The molecule has 2 rings (SSSR count). The van der Waals surface area contributed by atoms with E-state index in [0.29, 0.717) is 0 Å². The van der Waals surface area contributed by atoms with Gasteiger partial charge in [-0.25, -0.2) is 4.79 Å². The van der Waals surface area contributed by atoms with Crippen molar-refractivity contribution in [3.05, 3.63) is 45.3 Å². The number of H-pyrrole nitrogens is 1. The molecule has 20 heavy (non-hydrogen) atoms. The van der Waals surface area contributed by atoms with Crippen LogP contribution >= 0.6 is 7.60 Å². The normalized spacial score (nSPS) is 21.7. The minimum Gasteiger partial charge on any atom is -0.344 e. The lowest BCUT2D eigenvalue weighted by Gasteiger charge is -2.16. The van der Waals surface area contributed by atoms with Gasteiger partial charge in [-0.3, -0.25) is 18.9 Å². The Morgan fingerprint density at radius 1 is 1.40 bits per heavy atom. The van der Waals surface area contributed by atoms with E-state index in [1.807, 2.05) is 0 Å². The van der Waals surface area contributed by atoms with Crippen LogP contribution in [0.1, 0.15) is 6.23 Å². The van der Waals surface area contributed by atoms with E-state index in [1.165, 1.54) is 18.3 Å². The highest BCUT2D eigenvalue weighted by Gasteiger charge is 2.24. The summed E-state index contributed by atoms with van der Waals surface area (Å²) in [6, 6.07) is 1.16. The van der Waals surface area contributed by atoms with Crippen molar-refractivity contribution in [3.63, 3.8) is 0 Å². The van der Waals surface area contributed by atoms with Crippen molar-refractivity contribution in [1.29, 1.82) is 0 Å². The number of rotatable bonds is 4. The molecule has 0 saturated carbocycles. The molecule has 0 aliphatic carbocycles. The molecule has 2 unspecified atom stereocenters. The monoisotopic (exact) mass is 307 g/mol. The Morgan fingerprint density at radius 3 is 2.70 bits per heavy atom. The van der Waals surface area contributed by atoms with Crippen LogP contribution in [0.5, 0.6) is 0 Å². The summed E-state index contributed by atoms with van der Waals surface area (Å²) in [6.45, 7) is 0. The Bertz CT molecular complexity index is 645. The molecule has 2 heterocycles. The van der Waals surface area contributed by atoms with Crippen molar-refractivity contribution in [1.82, 2.24) is 15.7 Å². The fraction of sp³-hybridized carbons (Fsp3) is 0.333. The average Bonchev–Trinajstić information content (AvgIpc) is 2.74. The molecular weight excluding hydrogens is 293 g/mol. The quantitative estimate of drug-likeness (QED) is 0.417. The molecule has 1 aliphatic heterocycles. The van der Waals surface area contributed by atoms with Crippen LogP contribution in [0.15, 0.2) is 34.0 Å². The maximum atomic E-state index is 11.5. The van der Waals surface area contributed by atoms with E-state index >= 15 is 0 Å². The Morgan fingerprint density at radius 2 is 2.10 bits per heavy atom. The van der Waals surface area contributed by atoms with Crippen molar-refractivity contribution in [2.45, 2.75) is 12.5 Å². The van der Waals surface area contributed by atoms with Crippen LogP contribution in [-0.2, 0) is 14.0 Å². The third-order valence-corrected chi connectivity index (χ3v) is 2.72. The zero-order chi connectivity index (χ0) is 14.0. The van der Waals surface area contributed by atoms with Crippen LogP contribution in [0.4, 0.5) is 0 Å². The highest BCUT2D eigenvalue weighted by molar-refractivity contribution is 7.51. The Kier molecular flexibility index (Phi) is 5.17. The first-order valence-electron chi connectivity index (χ1n) is 5.16. The van der Waals surface area contributed by atoms with E-state index in [-0.39, 0.29) is 6.15 Å². The summed E-state index contributed by atoms with van der Waals surface area (Å²) in [4.78, 5) is 41.7. The SMILES string of the molecule is N.O=c1ccn(C2C=CC(OCP(=O)(O)O)O2)c(=O)[nH]1. The molecule has 6 N–H and O–H groups in total. The van der Waals surface area contributed by atoms with E-state index in [0.717, 1.165) is 10.6 Å². The average molecular weight is 307 g/mol. The molecule has 0 radical (unpaired) electrons. The minimum absolute atomic E-state index is 0. The molecule has 0 bridgehead atoms. The van der Waals surface area contributed by atoms with Crippen LogP contribution in [0.25, 0.3) is 0 Å². The lowest BCUT2D eigenvalue weighted by atomic mass is 10.5. The van der Waals surface area contributed by atoms with Crippen LogP contribution in [0.2, 0.25) is 0 Å². The van der Waals surface area contributed by atoms with Crippen molar-refractivity contribution in [2.75, 3.05) is 6.35 Å². The lowest BCUT2D eigenvalue weighted by molar-refractivity contribution is -0.127. The number of aromatic nitrogens is 2. The van der Waals surface area contributed by atoms with Gasteiger partial charge in [0.1, 0.15) is 0 Å². The molecule has 0 spiro atoms. The lowest BCUT2D eigenvalue weighted by Crippen LogP contribution is -2.31. The maximum Gasteiger partial charge on any atom is 0.351 e. The van der Waals surface area contributed by atoms with Crippen LogP contribution < -0.4 is 17.4 Å². The number of hydrogen-bond acceptors (Lipinski definition) is 6. The van der Waals surface area contributed by atoms with E-state index < -0.39 is 37.7 Å². The Hall–Kier alpha value is -1.55. The van der Waals surface area contributed by atoms with Crippen molar-refractivity contribution in [3.8, 4) is 0 Å². The van der Waals surface area contributed by atoms with Gasteiger partial charge in [0, 0.05) is 12.3 Å². The van der Waals surface area contributed by atoms with Gasteiger partial charge in [0.2, 0.25) is 0 Å². The van der Waals surface area contributed by atoms with Gasteiger partial charge in [-0.2, -0.15) is 0 Å². The number of hydrogen-bond donors (Lipinski definition) is 4. The third-order valence-electron chi connectivity index (χ3n) is 2.24. The minimum atomic E-state index is -4.28. The molecule has 0 saturated heterocycles. The number of nitrogens with zero attached hydrogens (tertiary/aromatic N) is 1. The van der Waals surface area contributed by atoms with E-state index in [4.69, 9.17) is 19.3 Å². The molecule has 1 aromatic rings. The molecule has 112 valence electrons. The van der Waals surface area contributed by atoms with E-state index in [9.17, 15) is 14.2 Å². The van der Waals surface area contributed by atoms with Gasteiger partial charge in [0.05, 0.1) is 0 Å². The zero-order valence-electron chi connectivity index (χ0n) is 10.2. The third kappa shape index (κ3) is 4.23. The van der Waals surface area contributed by atoms with Crippen LogP contribution in [-0.4, -0.2) is 32.0 Å². The molecule has 0 fully saturated rings. The largest absolute Gasteiger partial charge is 0.351 e. The van der Waals surface area contributed by atoms with Crippen LogP contribution in [0.3, 0.4) is 0 Å². The summed E-state index contributed by atoms with van der Waals surface area (Å²) >= 11 is 0. The molecule has 0 amide bonds. The van der Waals surface area contributed by atoms with Gasteiger partial charge < -0.3 is 25.4 Å². The highest BCUT2D eigenvalue weighted by Crippen LogP contribution is 2.35. The molecule has 1 aromatic heterocycles. The predicted molar refractivity (Wildman–Crippen MR) is 67.4 cm³/mol. The fourth-order valence-electron chi connectivity index (χ4n) is 1.47. The molecule has 2 atom stereocenters. The van der Waals surface area contributed by atoms with E-state index in [2.05, 4.69) is 4.98 Å². The van der Waals surface area contributed by atoms with E-state index in [1.54, 1.807) is 0 Å². The molecular formula is C9H14N3O7P. The van der Waals surface area contributed by atoms with Gasteiger partial charge in [0.15, 0.2) is 18.9 Å². The topological polar surface area (TPSA) is 166 Å². The highest BCUT2D eigenvalue weighted by atomic mass is 31.2. The first-order chi connectivity index (χ1) is 8.85. The smallest absolute Gasteiger partial charge is 0.344 e. The van der Waals surface area contributed by atoms with Gasteiger partial charge in [-0.15, -0.1) is 0 Å². The zero-order valence-corrected chi connectivity index (χ0v) is 11.1. The standard InChI is InChI=1S/C9H11N2O7P.H3N/c12-6-3-4-11(9(13)10-6)7-1-2-8(18-7)17-5-19(14,15)16;/h1-4,7-8H,5H2,(H,10,12,13)(H2,14,15,16);1H3. The fourth-order valence-corrected chi connectivity index (χ4v) is 1.81. The number of nitrogens with one attached hydrogen (secondary N) is 1. The van der Waals surface area contributed by atoms with Gasteiger partial charge >= 0.3 is 13.3 Å². The molecule has 11 heteroatoms. The van der Waals surface area contributed by atoms with Gasteiger partial charge in [0.25, 0.3) is 5.56 Å². The second-order valence-corrected chi connectivity index (χ2v) is 5.35. The first kappa shape index (κ1) is 16.5. The molecule has 0 aromatic carbocycles. The summed E-state index contributed by atoms with van der Waals surface area (Å²) < 4.78 is 21.8. The second-order valence-electron chi connectivity index (χ2n) is 3.76. The predicted octanol–water partition coefficient (Wildman–Crippen LogP) is -0.739. The van der Waals surface area contributed by atoms with Gasteiger partial charge in [-0.1, -0.05) is 0 Å². The summed E-state index contributed by atoms with van der Waals surface area (Å²) in [5.74, 6) is 0. The summed E-state index contributed by atoms with van der Waals surface area (Å²) in [6.07, 6.45) is 1.60. The Labute approximate surface area is 112 Å². The second kappa shape index (κ2) is 6.27. The molecule has 1 aliphatic rings. The maximum absolute atomic E-state index is 11.5. The summed E-state index contributed by atoms with van der Waals surface area (Å²) in [5.41, 5.74) is -1.18. The molecule has 10 nitrogen and oxygen atoms in total. The van der Waals surface area contributed by atoms with Crippen LogP contribution in [0, 0.1) is 0 Å². The number of ether oxygens (including phenoxy) is 2. The summed E-state index contributed by atoms with van der Waals surface area (Å²) in [5, 5.41) is 0. The Balaban J connectivity index is 0.00000200. The first-order valence-corrected chi connectivity index (χ1v) is 6.96. The van der Waals surface area contributed by atoms with Crippen molar-refractivity contribution >= 4 is 7.60 Å². The van der Waals surface area contributed by atoms with Crippen molar-refractivity contribution < 1.29 is 23.8 Å². The van der Waals surface area contributed by atoms with Gasteiger partial charge in [-0.05, 0) is 12.2 Å². The number of aromatic amines is 1.